The van der Waals surface area contributed by atoms with Gasteiger partial charge in [-0.05, 0) is 112 Å². The molecule has 0 radical (unpaired) electrons. The number of fused-ring (bicyclic) bond motifs is 12. The highest BCUT2D eigenvalue weighted by molar-refractivity contribution is 6.33. The molecule has 9 aromatic carbocycles. The van der Waals surface area contributed by atoms with E-state index in [0.717, 1.165) is 95.9 Å². The fourth-order valence-corrected chi connectivity index (χ4v) is 9.21. The molecular weight excluding hydrogens is 709 g/mol. The highest BCUT2D eigenvalue weighted by atomic mass is 16.4. The predicted molar refractivity (Wildman–Crippen MR) is 242 cm³/mol. The molecule has 0 fully saturated rings. The molecule has 0 N–H and O–H groups in total. The van der Waals surface area contributed by atoms with E-state index in [0.29, 0.717) is 0 Å². The number of hydrogen-bond donors (Lipinski definition) is 0. The molecule has 4 heteroatoms. The average molecular weight is 745 g/mol. The Morgan fingerprint density at radius 1 is 0.362 bits per heavy atom. The summed E-state index contributed by atoms with van der Waals surface area (Å²) in [6, 6.07) is 67.0. The van der Waals surface area contributed by atoms with Crippen molar-refractivity contribution in [1.82, 2.24) is 0 Å². The molecule has 0 bridgehead atoms. The number of aryl methyl sites for hydroxylation is 1. The molecule has 0 unspecified atom stereocenters. The third-order valence-electron chi connectivity index (χ3n) is 11.9. The van der Waals surface area contributed by atoms with Gasteiger partial charge in [-0.2, -0.15) is 0 Å². The Balaban J connectivity index is 1.05. The molecule has 58 heavy (non-hydrogen) atoms. The summed E-state index contributed by atoms with van der Waals surface area (Å²) in [5.41, 5.74) is 12.5. The number of nitrogens with zero attached hydrogens (tertiary/aromatic N) is 2. The van der Waals surface area contributed by atoms with Crippen LogP contribution in [0.4, 0.5) is 28.4 Å². The number of hydrogen-bond acceptors (Lipinski definition) is 4. The van der Waals surface area contributed by atoms with E-state index in [-0.39, 0.29) is 0 Å². The fraction of sp³-hybridized carbons (Fsp3) is 0.0370. The normalized spacial score (nSPS) is 12.8. The van der Waals surface area contributed by atoms with Gasteiger partial charge in [-0.15, -0.1) is 0 Å². The van der Waals surface area contributed by atoms with Crippen LogP contribution >= 0.6 is 0 Å². The van der Waals surface area contributed by atoms with Crippen molar-refractivity contribution < 1.29 is 8.83 Å². The minimum Gasteiger partial charge on any atom is -0.452 e. The largest absolute Gasteiger partial charge is 0.452 e. The van der Waals surface area contributed by atoms with Crippen LogP contribution in [-0.4, -0.2) is 0 Å². The maximum Gasteiger partial charge on any atom is 0.179 e. The highest BCUT2D eigenvalue weighted by Gasteiger charge is 2.24. The summed E-state index contributed by atoms with van der Waals surface area (Å²) in [5.74, 6) is 0. The molecule has 11 aromatic rings. The number of anilines is 5. The van der Waals surface area contributed by atoms with Gasteiger partial charge in [-0.25, -0.2) is 0 Å². The Morgan fingerprint density at radius 2 is 0.879 bits per heavy atom. The Labute approximate surface area is 335 Å². The molecule has 0 aliphatic heterocycles. The van der Waals surface area contributed by atoms with Crippen molar-refractivity contribution in [3.05, 3.63) is 205 Å². The lowest BCUT2D eigenvalue weighted by atomic mass is 9.94. The van der Waals surface area contributed by atoms with Crippen molar-refractivity contribution in [1.29, 1.82) is 0 Å². The molecule has 0 amide bonds. The SMILES string of the molecule is C1=C(N(c2ccccc2)c2ccc3c(c2)oc2c4oc5cc(N(c6ccccc6)c6ccc7ccccc7c6)ccc5c4c4ccccc4c32)CCc2ccccc21. The molecule has 0 saturated carbocycles. The average Bonchev–Trinajstić information content (AvgIpc) is 3.86. The molecule has 2 heterocycles. The molecule has 274 valence electrons. The van der Waals surface area contributed by atoms with E-state index in [9.17, 15) is 0 Å². The smallest absolute Gasteiger partial charge is 0.179 e. The maximum atomic E-state index is 6.98. The van der Waals surface area contributed by atoms with Gasteiger partial charge in [0.05, 0.1) is 0 Å². The first-order valence-corrected chi connectivity index (χ1v) is 20.0. The van der Waals surface area contributed by atoms with Gasteiger partial charge in [-0.1, -0.05) is 115 Å². The Kier molecular flexibility index (Phi) is 7.32. The van der Waals surface area contributed by atoms with Crippen LogP contribution in [0.1, 0.15) is 17.5 Å². The van der Waals surface area contributed by atoms with E-state index in [4.69, 9.17) is 8.83 Å². The van der Waals surface area contributed by atoms with E-state index >= 15 is 0 Å². The fourth-order valence-electron chi connectivity index (χ4n) is 9.21. The zero-order chi connectivity index (χ0) is 38.2. The lowest BCUT2D eigenvalue weighted by Gasteiger charge is -2.30. The van der Waals surface area contributed by atoms with Crippen molar-refractivity contribution in [2.45, 2.75) is 12.8 Å². The molecule has 1 aliphatic rings. The van der Waals surface area contributed by atoms with Gasteiger partial charge in [0.25, 0.3) is 0 Å². The number of allylic oxidation sites excluding steroid dienone is 1. The van der Waals surface area contributed by atoms with Crippen LogP contribution < -0.4 is 9.80 Å². The molecule has 2 aromatic heterocycles. The first kappa shape index (κ1) is 32.7. The Bertz CT molecular complexity index is 3410. The Hall–Kier alpha value is -7.56. The number of benzene rings is 9. The standard InChI is InChI=1S/C54H36N2O2/c1-3-17-39(18-4-1)55(41-25-23-35-13-7-9-15-37(35)31-41)43-27-29-47-49(33-43)57-53-51(47)45-21-11-12-22-46(45)52-48-30-28-44(34-50(48)58-54(52)53)56(40-19-5-2-6-20-40)42-26-24-36-14-8-10-16-38(36)32-42/h1-23,25,27-34H,24,26H2. The quantitative estimate of drug-likeness (QED) is 0.170. The summed E-state index contributed by atoms with van der Waals surface area (Å²) in [4.78, 5) is 4.68. The molecule has 0 atom stereocenters. The summed E-state index contributed by atoms with van der Waals surface area (Å²) in [6.07, 6.45) is 4.29. The third kappa shape index (κ3) is 5.15. The summed E-state index contributed by atoms with van der Waals surface area (Å²) in [7, 11) is 0. The topological polar surface area (TPSA) is 32.8 Å². The molecule has 0 spiro atoms. The lowest BCUT2D eigenvalue weighted by molar-refractivity contribution is 0.633. The zero-order valence-electron chi connectivity index (χ0n) is 31.6. The van der Waals surface area contributed by atoms with Crippen molar-refractivity contribution >= 4 is 99.9 Å². The summed E-state index contributed by atoms with van der Waals surface area (Å²) < 4.78 is 14.0. The van der Waals surface area contributed by atoms with E-state index in [1.807, 2.05) is 0 Å². The third-order valence-corrected chi connectivity index (χ3v) is 11.9. The van der Waals surface area contributed by atoms with Crippen LogP contribution in [0.15, 0.2) is 203 Å². The van der Waals surface area contributed by atoms with Gasteiger partial charge >= 0.3 is 0 Å². The maximum absolute atomic E-state index is 6.98. The first-order chi connectivity index (χ1) is 28.7. The van der Waals surface area contributed by atoms with Gasteiger partial charge in [0, 0.05) is 67.8 Å². The molecule has 0 saturated heterocycles. The van der Waals surface area contributed by atoms with Crippen LogP contribution in [0, 0.1) is 0 Å². The molecule has 1 aliphatic carbocycles. The first-order valence-electron chi connectivity index (χ1n) is 20.0. The van der Waals surface area contributed by atoms with Gasteiger partial charge in [-0.3, -0.25) is 0 Å². The van der Waals surface area contributed by atoms with Crippen LogP contribution in [0.5, 0.6) is 0 Å². The minimum atomic E-state index is 0.766. The number of rotatable bonds is 6. The molecular formula is C54H36N2O2. The lowest BCUT2D eigenvalue weighted by Crippen LogP contribution is -2.19. The van der Waals surface area contributed by atoms with E-state index in [1.165, 1.54) is 27.6 Å². The van der Waals surface area contributed by atoms with E-state index in [1.54, 1.807) is 0 Å². The summed E-state index contributed by atoms with van der Waals surface area (Å²) in [6.45, 7) is 0. The zero-order valence-corrected chi connectivity index (χ0v) is 31.6. The number of para-hydroxylation sites is 2. The van der Waals surface area contributed by atoms with Gasteiger partial charge in [0.1, 0.15) is 11.2 Å². The summed E-state index contributed by atoms with van der Waals surface area (Å²) >= 11 is 0. The monoisotopic (exact) mass is 744 g/mol. The molecule has 4 nitrogen and oxygen atoms in total. The van der Waals surface area contributed by atoms with E-state index in [2.05, 4.69) is 204 Å². The van der Waals surface area contributed by atoms with Gasteiger partial charge in [0.2, 0.25) is 0 Å². The van der Waals surface area contributed by atoms with E-state index < -0.39 is 0 Å². The van der Waals surface area contributed by atoms with Crippen molar-refractivity contribution in [2.75, 3.05) is 9.80 Å². The van der Waals surface area contributed by atoms with Crippen molar-refractivity contribution in [2.24, 2.45) is 0 Å². The second-order valence-electron chi connectivity index (χ2n) is 15.2. The van der Waals surface area contributed by atoms with Crippen molar-refractivity contribution in [3.63, 3.8) is 0 Å². The van der Waals surface area contributed by atoms with Gasteiger partial charge < -0.3 is 18.6 Å². The minimum absolute atomic E-state index is 0.766. The van der Waals surface area contributed by atoms with Crippen LogP contribution in [0.2, 0.25) is 0 Å². The second-order valence-corrected chi connectivity index (χ2v) is 15.2. The van der Waals surface area contributed by atoms with Crippen LogP contribution in [0.25, 0.3) is 71.5 Å². The summed E-state index contributed by atoms with van der Waals surface area (Å²) in [5, 5.41) is 8.98. The second kappa shape index (κ2) is 13.0. The highest BCUT2D eigenvalue weighted by Crippen LogP contribution is 2.47. The molecule has 12 rings (SSSR count). The number of furan rings is 2. The Morgan fingerprint density at radius 3 is 1.55 bits per heavy atom. The van der Waals surface area contributed by atoms with Crippen molar-refractivity contribution in [3.8, 4) is 0 Å². The van der Waals surface area contributed by atoms with Crippen LogP contribution in [0.3, 0.4) is 0 Å². The van der Waals surface area contributed by atoms with Gasteiger partial charge in [0.15, 0.2) is 11.2 Å². The van der Waals surface area contributed by atoms with Crippen LogP contribution in [-0.2, 0) is 6.42 Å². The predicted octanol–water partition coefficient (Wildman–Crippen LogP) is 15.4.